The van der Waals surface area contributed by atoms with E-state index >= 15 is 0 Å². The monoisotopic (exact) mass is 372 g/mol. The van der Waals surface area contributed by atoms with Gasteiger partial charge in [-0.3, -0.25) is 4.79 Å². The molecule has 2 unspecified atom stereocenters. The second-order valence-electron chi connectivity index (χ2n) is 5.41. The molecule has 1 aliphatic heterocycles. The molecule has 134 valence electrons. The Kier molecular flexibility index (Phi) is 5.21. The molecule has 1 amide bonds. The van der Waals surface area contributed by atoms with Crippen molar-refractivity contribution in [3.8, 4) is 5.88 Å². The van der Waals surface area contributed by atoms with Crippen molar-refractivity contribution in [1.82, 2.24) is 21.2 Å². The number of carbonyl (C=O) groups excluding carboxylic acids is 1. The molecule has 0 aliphatic carbocycles. The van der Waals surface area contributed by atoms with Crippen LogP contribution in [-0.2, 0) is 0 Å². The molecule has 0 bridgehead atoms. The number of hydrogen-bond donors (Lipinski definition) is 3. The average Bonchev–Trinajstić information content (AvgIpc) is 3.24. The van der Waals surface area contributed by atoms with Gasteiger partial charge in [-0.05, 0) is 17.5 Å². The lowest BCUT2D eigenvalue weighted by atomic mass is 10.1. The van der Waals surface area contributed by atoms with Crippen LogP contribution in [0.5, 0.6) is 5.88 Å². The molecular formula is C15H15F3N4O2S. The van der Waals surface area contributed by atoms with Gasteiger partial charge in [-0.2, -0.15) is 13.2 Å². The van der Waals surface area contributed by atoms with Crippen molar-refractivity contribution in [2.45, 2.75) is 24.8 Å². The molecule has 0 saturated carbocycles. The van der Waals surface area contributed by atoms with Crippen LogP contribution in [0.15, 0.2) is 35.8 Å². The van der Waals surface area contributed by atoms with Gasteiger partial charge in [-0.15, -0.1) is 11.3 Å². The van der Waals surface area contributed by atoms with Gasteiger partial charge in [0.1, 0.15) is 0 Å². The van der Waals surface area contributed by atoms with E-state index < -0.39 is 12.8 Å². The van der Waals surface area contributed by atoms with Gasteiger partial charge < -0.3 is 10.1 Å². The highest BCUT2D eigenvalue weighted by Crippen LogP contribution is 2.25. The number of hydrogen-bond acceptors (Lipinski definition) is 6. The number of alkyl halides is 3. The molecule has 0 spiro atoms. The lowest BCUT2D eigenvalue weighted by molar-refractivity contribution is -0.154. The van der Waals surface area contributed by atoms with Crippen LogP contribution in [0.2, 0.25) is 0 Å². The fourth-order valence-corrected chi connectivity index (χ4v) is 3.11. The third-order valence-electron chi connectivity index (χ3n) is 3.48. The Morgan fingerprint density at radius 1 is 1.36 bits per heavy atom. The summed E-state index contributed by atoms with van der Waals surface area (Å²) in [5.74, 6) is -0.562. The predicted molar refractivity (Wildman–Crippen MR) is 85.0 cm³/mol. The largest absolute Gasteiger partial charge is 0.468 e. The van der Waals surface area contributed by atoms with E-state index in [1.807, 2.05) is 17.5 Å². The lowest BCUT2D eigenvalue weighted by Gasteiger charge is -2.12. The van der Waals surface area contributed by atoms with Crippen molar-refractivity contribution in [2.75, 3.05) is 6.61 Å². The van der Waals surface area contributed by atoms with E-state index in [0.29, 0.717) is 6.42 Å². The minimum absolute atomic E-state index is 0.113. The Morgan fingerprint density at radius 3 is 2.84 bits per heavy atom. The smallest absolute Gasteiger partial charge is 0.422 e. The Hall–Kier alpha value is -2.17. The van der Waals surface area contributed by atoms with Gasteiger partial charge in [0, 0.05) is 23.6 Å². The molecule has 1 fully saturated rings. The fourth-order valence-electron chi connectivity index (χ4n) is 2.32. The number of rotatable bonds is 5. The molecule has 3 heterocycles. The zero-order chi connectivity index (χ0) is 17.9. The normalized spacial score (nSPS) is 20.4. The van der Waals surface area contributed by atoms with Crippen molar-refractivity contribution in [2.24, 2.45) is 0 Å². The first-order valence-electron chi connectivity index (χ1n) is 7.41. The highest BCUT2D eigenvalue weighted by atomic mass is 32.1. The third kappa shape index (κ3) is 4.91. The average molecular weight is 372 g/mol. The molecule has 2 atom stereocenters. The molecule has 1 saturated heterocycles. The zero-order valence-electron chi connectivity index (χ0n) is 12.8. The summed E-state index contributed by atoms with van der Waals surface area (Å²) in [4.78, 5) is 17.1. The minimum Gasteiger partial charge on any atom is -0.468 e. The molecule has 25 heavy (non-hydrogen) atoms. The first kappa shape index (κ1) is 17.6. The van der Waals surface area contributed by atoms with Crippen molar-refractivity contribution in [3.05, 3.63) is 46.3 Å². The topological polar surface area (TPSA) is 75.3 Å². The maximum Gasteiger partial charge on any atom is 0.422 e. The van der Waals surface area contributed by atoms with E-state index in [1.54, 1.807) is 11.3 Å². The highest BCUT2D eigenvalue weighted by molar-refractivity contribution is 7.10. The summed E-state index contributed by atoms with van der Waals surface area (Å²) in [6.07, 6.45) is -2.84. The summed E-state index contributed by atoms with van der Waals surface area (Å²) < 4.78 is 40.7. The van der Waals surface area contributed by atoms with Crippen molar-refractivity contribution >= 4 is 17.2 Å². The number of carbonyl (C=O) groups is 1. The van der Waals surface area contributed by atoms with Gasteiger partial charge in [0.05, 0.1) is 17.8 Å². The number of hydrazine groups is 1. The Balaban J connectivity index is 1.51. The van der Waals surface area contributed by atoms with Crippen molar-refractivity contribution in [3.63, 3.8) is 0 Å². The third-order valence-corrected chi connectivity index (χ3v) is 4.46. The number of nitrogens with one attached hydrogen (secondary N) is 3. The lowest BCUT2D eigenvalue weighted by Crippen LogP contribution is -2.44. The Morgan fingerprint density at radius 2 is 2.20 bits per heavy atom. The Labute approximate surface area is 145 Å². The quantitative estimate of drug-likeness (QED) is 0.752. The van der Waals surface area contributed by atoms with Gasteiger partial charge in [0.2, 0.25) is 5.88 Å². The molecule has 2 aromatic heterocycles. The number of amides is 1. The SMILES string of the molecule is O=C(NC1CC(c2cccs2)NN1)c1ccc(OCC(F)(F)F)nc1. The summed E-state index contributed by atoms with van der Waals surface area (Å²) in [7, 11) is 0. The van der Waals surface area contributed by atoms with Crippen LogP contribution in [0.25, 0.3) is 0 Å². The molecule has 10 heteroatoms. The molecule has 3 rings (SSSR count). The maximum absolute atomic E-state index is 12.2. The van der Waals surface area contributed by atoms with Crippen molar-refractivity contribution < 1.29 is 22.7 Å². The van der Waals surface area contributed by atoms with E-state index in [-0.39, 0.29) is 29.6 Å². The summed E-state index contributed by atoms with van der Waals surface area (Å²) >= 11 is 1.63. The molecule has 1 aliphatic rings. The van der Waals surface area contributed by atoms with Crippen LogP contribution in [0, 0.1) is 0 Å². The molecule has 2 aromatic rings. The van der Waals surface area contributed by atoms with Gasteiger partial charge >= 0.3 is 6.18 Å². The summed E-state index contributed by atoms with van der Waals surface area (Å²) in [5.41, 5.74) is 6.34. The number of aromatic nitrogens is 1. The van der Waals surface area contributed by atoms with Gasteiger partial charge in [0.25, 0.3) is 5.91 Å². The fraction of sp³-hybridized carbons (Fsp3) is 0.333. The van der Waals surface area contributed by atoms with Crippen LogP contribution in [0.1, 0.15) is 27.7 Å². The number of thiophene rings is 1. The van der Waals surface area contributed by atoms with Gasteiger partial charge in [0.15, 0.2) is 6.61 Å². The van der Waals surface area contributed by atoms with E-state index in [1.165, 1.54) is 18.3 Å². The van der Waals surface area contributed by atoms with Crippen molar-refractivity contribution in [1.29, 1.82) is 0 Å². The number of pyridine rings is 1. The maximum atomic E-state index is 12.2. The highest BCUT2D eigenvalue weighted by Gasteiger charge is 2.29. The second-order valence-corrected chi connectivity index (χ2v) is 6.39. The van der Waals surface area contributed by atoms with Crippen LogP contribution in [-0.4, -0.2) is 29.8 Å². The summed E-state index contributed by atoms with van der Waals surface area (Å²) in [6, 6.07) is 6.68. The van der Waals surface area contributed by atoms with Crippen LogP contribution in [0.3, 0.4) is 0 Å². The predicted octanol–water partition coefficient (Wildman–Crippen LogP) is 2.38. The standard InChI is InChI=1S/C15H15F3N4O2S/c16-15(17,18)8-24-13-4-3-9(7-19-13)14(23)20-12-6-10(21-22-12)11-2-1-5-25-11/h1-5,7,10,12,21-22H,6,8H2,(H,20,23). The molecular weight excluding hydrogens is 357 g/mol. The Bertz CT molecular complexity index is 707. The van der Waals surface area contributed by atoms with E-state index in [9.17, 15) is 18.0 Å². The molecule has 6 nitrogen and oxygen atoms in total. The second kappa shape index (κ2) is 7.38. The van der Waals surface area contributed by atoms with Gasteiger partial charge in [-0.25, -0.2) is 15.8 Å². The summed E-state index contributed by atoms with van der Waals surface area (Å²) in [5, 5.41) is 4.78. The van der Waals surface area contributed by atoms with E-state index in [0.717, 1.165) is 4.88 Å². The van der Waals surface area contributed by atoms with Gasteiger partial charge in [-0.1, -0.05) is 6.07 Å². The first-order chi connectivity index (χ1) is 11.9. The zero-order valence-corrected chi connectivity index (χ0v) is 13.7. The minimum atomic E-state index is -4.43. The van der Waals surface area contributed by atoms with E-state index in [4.69, 9.17) is 0 Å². The molecule has 0 radical (unpaired) electrons. The first-order valence-corrected chi connectivity index (χ1v) is 8.29. The summed E-state index contributed by atoms with van der Waals surface area (Å²) in [6.45, 7) is -1.42. The van der Waals surface area contributed by atoms with Crippen LogP contribution < -0.4 is 20.9 Å². The molecule has 3 N–H and O–H groups in total. The molecule has 0 aromatic carbocycles. The van der Waals surface area contributed by atoms with E-state index in [2.05, 4.69) is 25.9 Å². The number of nitrogens with zero attached hydrogens (tertiary/aromatic N) is 1. The van der Waals surface area contributed by atoms with Crippen LogP contribution in [0.4, 0.5) is 13.2 Å². The van der Waals surface area contributed by atoms with Crippen LogP contribution >= 0.6 is 11.3 Å². The number of halogens is 3. The number of ether oxygens (including phenoxy) is 1.